The molecule has 126 valence electrons. The topological polar surface area (TPSA) is 58.7 Å². The second kappa shape index (κ2) is 6.87. The van der Waals surface area contributed by atoms with Gasteiger partial charge in [-0.25, -0.2) is 4.98 Å². The van der Waals surface area contributed by atoms with E-state index in [0.29, 0.717) is 10.9 Å². The molecule has 0 saturated carbocycles. The predicted molar refractivity (Wildman–Crippen MR) is 104 cm³/mol. The van der Waals surface area contributed by atoms with Gasteiger partial charge >= 0.3 is 0 Å². The molecule has 3 rings (SSSR count). The van der Waals surface area contributed by atoms with E-state index in [1.807, 2.05) is 62.7 Å². The summed E-state index contributed by atoms with van der Waals surface area (Å²) >= 11 is 2.86. The molecule has 0 saturated heterocycles. The highest BCUT2D eigenvalue weighted by atomic mass is 32.2. The fourth-order valence-corrected chi connectivity index (χ4v) is 3.95. The first-order chi connectivity index (χ1) is 12.0. The Balaban J connectivity index is 2.40. The van der Waals surface area contributed by atoms with Gasteiger partial charge in [0, 0.05) is 0 Å². The van der Waals surface area contributed by atoms with E-state index < -0.39 is 0 Å². The van der Waals surface area contributed by atoms with E-state index in [1.54, 1.807) is 15.9 Å². The Labute approximate surface area is 154 Å². The van der Waals surface area contributed by atoms with Crippen molar-refractivity contribution in [1.29, 1.82) is 5.26 Å². The fourth-order valence-electron chi connectivity index (χ4n) is 2.56. The van der Waals surface area contributed by atoms with Gasteiger partial charge in [-0.05, 0) is 67.3 Å². The lowest BCUT2D eigenvalue weighted by molar-refractivity contribution is 0.894. The average Bonchev–Trinajstić information content (AvgIpc) is 3.03. The first-order valence-corrected chi connectivity index (χ1v) is 9.81. The lowest BCUT2D eigenvalue weighted by Crippen LogP contribution is -2.25. The molecule has 0 spiro atoms. The molecule has 3 aromatic rings. The predicted octanol–water partition coefficient (Wildman–Crippen LogP) is 4.48. The van der Waals surface area contributed by atoms with E-state index >= 15 is 0 Å². The van der Waals surface area contributed by atoms with E-state index in [2.05, 4.69) is 4.98 Å². The monoisotopic (exact) mass is 367 g/mol. The van der Waals surface area contributed by atoms with Crippen molar-refractivity contribution in [3.8, 4) is 22.5 Å². The maximum atomic E-state index is 13.1. The Morgan fingerprint density at radius 1 is 1.20 bits per heavy atom. The molecule has 0 fully saturated rings. The molecule has 0 N–H and O–H groups in total. The highest BCUT2D eigenvalue weighted by molar-refractivity contribution is 7.98. The molecular weight excluding hydrogens is 350 g/mol. The zero-order chi connectivity index (χ0) is 18.1. The lowest BCUT2D eigenvalue weighted by atomic mass is 10.1. The summed E-state index contributed by atoms with van der Waals surface area (Å²) in [6.45, 7) is 6.05. The summed E-state index contributed by atoms with van der Waals surface area (Å²) in [5, 5.41) is 11.9. The third-order valence-electron chi connectivity index (χ3n) is 4.05. The van der Waals surface area contributed by atoms with Crippen LogP contribution >= 0.6 is 23.1 Å². The van der Waals surface area contributed by atoms with E-state index in [9.17, 15) is 10.1 Å². The molecule has 0 aliphatic carbocycles. The van der Waals surface area contributed by atoms with Crippen molar-refractivity contribution >= 4 is 23.1 Å². The van der Waals surface area contributed by atoms with Gasteiger partial charge in [-0.2, -0.15) is 5.26 Å². The number of hydrogen-bond acceptors (Lipinski definition) is 5. The van der Waals surface area contributed by atoms with E-state index in [1.165, 1.54) is 11.8 Å². The zero-order valence-corrected chi connectivity index (χ0v) is 16.1. The van der Waals surface area contributed by atoms with Crippen molar-refractivity contribution in [1.82, 2.24) is 9.55 Å². The van der Waals surface area contributed by atoms with Crippen molar-refractivity contribution in [3.05, 3.63) is 62.3 Å². The molecular formula is C19H17N3OS2. The highest BCUT2D eigenvalue weighted by Gasteiger charge is 2.19. The molecule has 0 amide bonds. The van der Waals surface area contributed by atoms with Crippen LogP contribution in [0.4, 0.5) is 0 Å². The lowest BCUT2D eigenvalue weighted by Gasteiger charge is -2.14. The van der Waals surface area contributed by atoms with Gasteiger partial charge in [-0.3, -0.25) is 9.36 Å². The van der Waals surface area contributed by atoms with Crippen LogP contribution in [-0.4, -0.2) is 15.8 Å². The van der Waals surface area contributed by atoms with Crippen LogP contribution in [0.3, 0.4) is 0 Å². The largest absolute Gasteiger partial charge is 0.277 e. The number of nitrogens with zero attached hydrogens (tertiary/aromatic N) is 3. The van der Waals surface area contributed by atoms with Gasteiger partial charge in [0.15, 0.2) is 5.82 Å². The summed E-state index contributed by atoms with van der Waals surface area (Å²) in [5.41, 5.74) is 3.85. The second-order valence-corrected chi connectivity index (χ2v) is 7.54. The van der Waals surface area contributed by atoms with Crippen LogP contribution in [0.5, 0.6) is 0 Å². The number of aryl methyl sites for hydroxylation is 3. The minimum absolute atomic E-state index is 0.0859. The van der Waals surface area contributed by atoms with Crippen molar-refractivity contribution in [2.24, 2.45) is 0 Å². The molecule has 0 bridgehead atoms. The molecule has 25 heavy (non-hydrogen) atoms. The summed E-state index contributed by atoms with van der Waals surface area (Å²) < 4.78 is 1.55. The van der Waals surface area contributed by atoms with E-state index in [-0.39, 0.29) is 11.1 Å². The quantitative estimate of drug-likeness (QED) is 0.506. The number of thiophene rings is 1. The van der Waals surface area contributed by atoms with Crippen LogP contribution in [0.25, 0.3) is 16.4 Å². The molecule has 0 aliphatic rings. The van der Waals surface area contributed by atoms with Crippen LogP contribution < -0.4 is 5.56 Å². The van der Waals surface area contributed by atoms with Gasteiger partial charge in [0.05, 0.1) is 10.6 Å². The van der Waals surface area contributed by atoms with Crippen molar-refractivity contribution in [3.63, 3.8) is 0 Å². The van der Waals surface area contributed by atoms with Crippen molar-refractivity contribution in [2.45, 2.75) is 25.8 Å². The van der Waals surface area contributed by atoms with Crippen molar-refractivity contribution in [2.75, 3.05) is 6.26 Å². The number of benzene rings is 1. The van der Waals surface area contributed by atoms with Gasteiger partial charge < -0.3 is 0 Å². The Hall–Kier alpha value is -2.36. The Morgan fingerprint density at radius 2 is 1.96 bits per heavy atom. The summed E-state index contributed by atoms with van der Waals surface area (Å²) in [6, 6.07) is 9.88. The first kappa shape index (κ1) is 17.5. The molecule has 6 heteroatoms. The van der Waals surface area contributed by atoms with Crippen molar-refractivity contribution < 1.29 is 0 Å². The highest BCUT2D eigenvalue weighted by Crippen LogP contribution is 2.29. The Kier molecular flexibility index (Phi) is 4.80. The number of hydrogen-bond donors (Lipinski definition) is 0. The Bertz CT molecular complexity index is 1060. The summed E-state index contributed by atoms with van der Waals surface area (Å²) in [5.74, 6) is 0.578. The van der Waals surface area contributed by atoms with E-state index in [4.69, 9.17) is 0 Å². The summed E-state index contributed by atoms with van der Waals surface area (Å²) in [4.78, 5) is 18.6. The number of rotatable bonds is 3. The average molecular weight is 367 g/mol. The van der Waals surface area contributed by atoms with Crippen LogP contribution in [0.15, 0.2) is 39.5 Å². The minimum atomic E-state index is -0.328. The van der Waals surface area contributed by atoms with Gasteiger partial charge in [-0.1, -0.05) is 6.07 Å². The number of nitriles is 1. The van der Waals surface area contributed by atoms with Crippen LogP contribution in [-0.2, 0) is 0 Å². The maximum Gasteiger partial charge on any atom is 0.277 e. The van der Waals surface area contributed by atoms with Crippen LogP contribution in [0.2, 0.25) is 0 Å². The van der Waals surface area contributed by atoms with Gasteiger partial charge in [0.25, 0.3) is 5.56 Å². The molecule has 0 atom stereocenters. The molecule has 2 aromatic heterocycles. The van der Waals surface area contributed by atoms with Gasteiger partial charge in [0.1, 0.15) is 16.7 Å². The summed E-state index contributed by atoms with van der Waals surface area (Å²) in [7, 11) is 0. The first-order valence-electron chi connectivity index (χ1n) is 7.70. The molecule has 0 unspecified atom stereocenters. The smallest absolute Gasteiger partial charge is 0.267 e. The molecule has 2 heterocycles. The molecule has 0 radical (unpaired) electrons. The number of aromatic nitrogens is 2. The maximum absolute atomic E-state index is 13.1. The van der Waals surface area contributed by atoms with Gasteiger partial charge in [0.2, 0.25) is 0 Å². The normalized spacial score (nSPS) is 10.7. The van der Waals surface area contributed by atoms with E-state index in [0.717, 1.165) is 27.3 Å². The standard InChI is InChI=1S/C19H17N3OS2/c1-11-7-16(25-10-11)17-21-18(24-4)15(9-20)19(23)22(17)14-6-5-12(2)13(3)8-14/h5-8,10H,1-4H3. The molecule has 4 nitrogen and oxygen atoms in total. The molecule has 1 aromatic carbocycles. The second-order valence-electron chi connectivity index (χ2n) is 5.83. The third-order valence-corrected chi connectivity index (χ3v) is 5.78. The number of thioether (sulfide) groups is 1. The Morgan fingerprint density at radius 3 is 2.52 bits per heavy atom. The summed E-state index contributed by atoms with van der Waals surface area (Å²) in [6.07, 6.45) is 1.83. The SMILES string of the molecule is CSc1nc(-c2cc(C)cs2)n(-c2ccc(C)c(C)c2)c(=O)c1C#N. The van der Waals surface area contributed by atoms with Gasteiger partial charge in [-0.15, -0.1) is 23.1 Å². The third kappa shape index (κ3) is 3.13. The minimum Gasteiger partial charge on any atom is -0.267 e. The van der Waals surface area contributed by atoms with Crippen LogP contribution in [0, 0.1) is 32.1 Å². The molecule has 0 aliphatic heterocycles. The zero-order valence-electron chi connectivity index (χ0n) is 14.5. The fraction of sp³-hybridized carbons (Fsp3) is 0.211. The van der Waals surface area contributed by atoms with Crippen LogP contribution in [0.1, 0.15) is 22.3 Å².